The van der Waals surface area contributed by atoms with E-state index in [9.17, 15) is 18.3 Å². The van der Waals surface area contributed by atoms with Gasteiger partial charge in [0.2, 0.25) is 0 Å². The molecule has 3 saturated heterocycles. The number of benzene rings is 3. The van der Waals surface area contributed by atoms with Gasteiger partial charge in [0.15, 0.2) is 23.1 Å². The van der Waals surface area contributed by atoms with Crippen molar-refractivity contribution in [3.05, 3.63) is 71.4 Å². The van der Waals surface area contributed by atoms with Gasteiger partial charge in [0, 0.05) is 49.2 Å². The van der Waals surface area contributed by atoms with Crippen molar-refractivity contribution in [3.63, 3.8) is 0 Å². The molecule has 0 saturated carbocycles. The average molecular weight is 745 g/mol. The van der Waals surface area contributed by atoms with Gasteiger partial charge in [-0.1, -0.05) is 24.5 Å². The second-order valence-electron chi connectivity index (χ2n) is 14.2. The molecule has 5 aromatic rings. The van der Waals surface area contributed by atoms with Crippen LogP contribution >= 0.6 is 0 Å². The highest BCUT2D eigenvalue weighted by atomic mass is 19.3. The minimum absolute atomic E-state index is 0.0352. The molecule has 0 aliphatic carbocycles. The SMILES string of the molecule is C#Cc1c(F)ccc2cc(O)cc(-c3ncc4c(N5CCCCCN5)nc(OC[C@@]56CC[C@H](c7ccc8c(c7)OC(F)(F)O8)N5C[C@H](F)C6)nc4c3F)c12. The molecular weight excluding hydrogens is 711 g/mol. The monoisotopic (exact) mass is 744 g/mol. The third-order valence-electron chi connectivity index (χ3n) is 10.9. The van der Waals surface area contributed by atoms with Crippen LogP contribution in [0.2, 0.25) is 0 Å². The van der Waals surface area contributed by atoms with Crippen molar-refractivity contribution in [3.8, 4) is 46.9 Å². The topological polar surface area (TPSA) is 105 Å². The number of fused-ring (bicyclic) bond motifs is 4. The molecule has 54 heavy (non-hydrogen) atoms. The van der Waals surface area contributed by atoms with Gasteiger partial charge < -0.3 is 19.3 Å². The Morgan fingerprint density at radius 3 is 2.76 bits per heavy atom. The fraction of sp³-hybridized carbons (Fsp3) is 0.359. The number of phenolic OH excluding ortho intramolecular Hbond substituents is 1. The number of aromatic hydroxyl groups is 1. The number of phenols is 1. The van der Waals surface area contributed by atoms with E-state index in [-0.39, 0.29) is 82.0 Å². The van der Waals surface area contributed by atoms with Gasteiger partial charge in [-0.2, -0.15) is 9.97 Å². The fourth-order valence-corrected chi connectivity index (χ4v) is 8.48. The molecule has 3 fully saturated rings. The number of terminal acetylenes is 1. The quantitative estimate of drug-likeness (QED) is 0.136. The predicted octanol–water partition coefficient (Wildman–Crippen LogP) is 7.32. The van der Waals surface area contributed by atoms with Crippen molar-refractivity contribution in [1.82, 2.24) is 25.3 Å². The molecular formula is C39H33F5N6O4. The molecule has 9 rings (SSSR count). The minimum atomic E-state index is -3.76. The van der Waals surface area contributed by atoms with Crippen molar-refractivity contribution < 1.29 is 41.3 Å². The van der Waals surface area contributed by atoms with Gasteiger partial charge in [-0.05, 0) is 67.0 Å². The highest BCUT2D eigenvalue weighted by Gasteiger charge is 2.54. The number of nitrogens with one attached hydrogen (secondary N) is 1. The van der Waals surface area contributed by atoms with Crippen molar-refractivity contribution in [1.29, 1.82) is 0 Å². The summed E-state index contributed by atoms with van der Waals surface area (Å²) in [5, 5.41) is 13.3. The van der Waals surface area contributed by atoms with Crippen LogP contribution in [0.15, 0.2) is 48.7 Å². The normalized spacial score (nSPS) is 23.4. The summed E-state index contributed by atoms with van der Waals surface area (Å²) < 4.78 is 90.2. The number of hydrazine groups is 1. The van der Waals surface area contributed by atoms with Gasteiger partial charge >= 0.3 is 12.3 Å². The molecule has 0 spiro atoms. The van der Waals surface area contributed by atoms with Crippen molar-refractivity contribution in [2.45, 2.75) is 62.6 Å². The Labute approximate surface area is 305 Å². The Balaban J connectivity index is 1.10. The summed E-state index contributed by atoms with van der Waals surface area (Å²) in [6.07, 6.45) is 6.19. The van der Waals surface area contributed by atoms with Crippen molar-refractivity contribution in [2.24, 2.45) is 0 Å². The summed E-state index contributed by atoms with van der Waals surface area (Å²) in [7, 11) is 0. The molecule has 3 atom stereocenters. The van der Waals surface area contributed by atoms with E-state index < -0.39 is 29.6 Å². The number of aromatic nitrogens is 3. The van der Waals surface area contributed by atoms with Gasteiger partial charge in [0.25, 0.3) is 0 Å². The third kappa shape index (κ3) is 5.75. The number of rotatable bonds is 6. The molecule has 15 heteroatoms. The number of pyridine rings is 1. The molecule has 2 N–H and O–H groups in total. The third-order valence-corrected chi connectivity index (χ3v) is 10.9. The van der Waals surface area contributed by atoms with E-state index in [1.54, 1.807) is 6.07 Å². The van der Waals surface area contributed by atoms with E-state index in [0.717, 1.165) is 19.3 Å². The summed E-state index contributed by atoms with van der Waals surface area (Å²) in [5.74, 6) is 0.763. The largest absolute Gasteiger partial charge is 0.586 e. The minimum Gasteiger partial charge on any atom is -0.508 e. The molecule has 0 bridgehead atoms. The first-order valence-electron chi connectivity index (χ1n) is 17.8. The lowest BCUT2D eigenvalue weighted by atomic mass is 9.94. The summed E-state index contributed by atoms with van der Waals surface area (Å²) in [6.45, 7) is 1.27. The molecule has 0 unspecified atom stereocenters. The summed E-state index contributed by atoms with van der Waals surface area (Å²) in [6, 6.07) is 9.44. The zero-order valence-electron chi connectivity index (χ0n) is 28.7. The molecule has 2 aromatic heterocycles. The van der Waals surface area contributed by atoms with Crippen LogP contribution in [0.4, 0.5) is 27.8 Å². The predicted molar refractivity (Wildman–Crippen MR) is 188 cm³/mol. The van der Waals surface area contributed by atoms with Crippen LogP contribution in [0.3, 0.4) is 0 Å². The number of alkyl halides is 3. The molecule has 278 valence electrons. The Hall–Kier alpha value is -5.46. The molecule has 6 heterocycles. The Kier molecular flexibility index (Phi) is 8.16. The van der Waals surface area contributed by atoms with Crippen molar-refractivity contribution >= 4 is 27.5 Å². The second-order valence-corrected chi connectivity index (χ2v) is 14.2. The first-order chi connectivity index (χ1) is 26.0. The maximum absolute atomic E-state index is 16.9. The van der Waals surface area contributed by atoms with Gasteiger partial charge in [-0.25, -0.2) is 18.6 Å². The Bertz CT molecular complexity index is 2370. The van der Waals surface area contributed by atoms with Gasteiger partial charge in [-0.3, -0.25) is 14.9 Å². The maximum Gasteiger partial charge on any atom is 0.586 e. The molecule has 0 radical (unpaired) electrons. The van der Waals surface area contributed by atoms with Crippen LogP contribution in [0.1, 0.15) is 55.7 Å². The molecule has 4 aliphatic rings. The lowest BCUT2D eigenvalue weighted by molar-refractivity contribution is -0.286. The zero-order chi connectivity index (χ0) is 37.4. The molecule has 4 aliphatic heterocycles. The van der Waals surface area contributed by atoms with Crippen molar-refractivity contribution in [2.75, 3.05) is 31.3 Å². The van der Waals surface area contributed by atoms with E-state index in [0.29, 0.717) is 42.7 Å². The van der Waals surface area contributed by atoms with Gasteiger partial charge in [0.1, 0.15) is 35.6 Å². The van der Waals surface area contributed by atoms with Gasteiger partial charge in [-0.15, -0.1) is 15.2 Å². The number of nitrogens with zero attached hydrogens (tertiary/aromatic N) is 5. The second kappa shape index (κ2) is 12.8. The highest BCUT2D eigenvalue weighted by Crippen LogP contribution is 2.52. The lowest BCUT2D eigenvalue weighted by Gasteiger charge is -2.34. The van der Waals surface area contributed by atoms with E-state index in [1.165, 1.54) is 42.6 Å². The van der Waals surface area contributed by atoms with Crippen LogP contribution in [-0.2, 0) is 0 Å². The molecule has 0 amide bonds. The standard InChI is InChI=1S/C39H33F5N6O4/c1-2-25-28(41)8-6-22-14-24(51)16-26(32(22)25)34-33(42)35-27(18-45-34)36(50-13-5-3-4-12-46-50)48-37(47-35)52-20-38-11-10-29(49(38)19-23(40)17-38)21-7-9-30-31(15-21)54-39(43,44)53-30/h1,6-9,14-16,18,23,29,46,51H,3-5,10-13,17,19-20H2/t23-,29-,38+/m1/s1. The smallest absolute Gasteiger partial charge is 0.508 e. The number of anilines is 1. The zero-order valence-corrected chi connectivity index (χ0v) is 28.7. The number of hydrogen-bond donors (Lipinski definition) is 2. The van der Waals surface area contributed by atoms with Crippen LogP contribution in [-0.4, -0.2) is 69.2 Å². The highest BCUT2D eigenvalue weighted by molar-refractivity contribution is 6.03. The van der Waals surface area contributed by atoms with E-state index >= 15 is 8.78 Å². The van der Waals surface area contributed by atoms with E-state index in [4.69, 9.17) is 16.1 Å². The maximum atomic E-state index is 16.9. The molecule has 10 nitrogen and oxygen atoms in total. The van der Waals surface area contributed by atoms with Crippen LogP contribution in [0.25, 0.3) is 32.9 Å². The van der Waals surface area contributed by atoms with Crippen LogP contribution in [0, 0.1) is 24.0 Å². The van der Waals surface area contributed by atoms with E-state index in [2.05, 4.69) is 30.8 Å². The fourth-order valence-electron chi connectivity index (χ4n) is 8.48. The van der Waals surface area contributed by atoms with E-state index in [1.807, 2.05) is 9.91 Å². The number of hydrogen-bond acceptors (Lipinski definition) is 10. The Morgan fingerprint density at radius 1 is 1.06 bits per heavy atom. The first kappa shape index (κ1) is 34.3. The summed E-state index contributed by atoms with van der Waals surface area (Å²) in [4.78, 5) is 15.7. The molecule has 3 aromatic carbocycles. The first-order valence-corrected chi connectivity index (χ1v) is 17.8. The lowest BCUT2D eigenvalue weighted by Crippen LogP contribution is -2.44. The summed E-state index contributed by atoms with van der Waals surface area (Å²) in [5.41, 5.74) is 2.85. The summed E-state index contributed by atoms with van der Waals surface area (Å²) >= 11 is 0. The average Bonchev–Trinajstić information content (AvgIpc) is 3.66. The number of halogens is 5. The van der Waals surface area contributed by atoms with Crippen LogP contribution < -0.4 is 24.6 Å². The van der Waals surface area contributed by atoms with Gasteiger partial charge in [0.05, 0.1) is 16.5 Å². The Morgan fingerprint density at radius 2 is 1.91 bits per heavy atom. The van der Waals surface area contributed by atoms with Crippen LogP contribution in [0.5, 0.6) is 23.3 Å². The number of ether oxygens (including phenoxy) is 3.